The second kappa shape index (κ2) is 8.08. The molecular weight excluding hydrogens is 342 g/mol. The van der Waals surface area contributed by atoms with Crippen LogP contribution in [0, 0.1) is 5.92 Å². The van der Waals surface area contributed by atoms with E-state index in [1.165, 1.54) is 36.0 Å². The summed E-state index contributed by atoms with van der Waals surface area (Å²) in [6, 6.07) is 6.47. The average molecular weight is 368 g/mol. The second-order valence-corrected chi connectivity index (χ2v) is 7.83. The number of benzene rings is 1. The summed E-state index contributed by atoms with van der Waals surface area (Å²) in [5.41, 5.74) is 1.04. The van der Waals surface area contributed by atoms with Gasteiger partial charge in [-0.3, -0.25) is 0 Å². The van der Waals surface area contributed by atoms with Crippen LogP contribution in [0.5, 0.6) is 0 Å². The number of aryl methyl sites for hydroxylation is 1. The van der Waals surface area contributed by atoms with Gasteiger partial charge in [0.15, 0.2) is 0 Å². The molecule has 4 rings (SSSR count). The van der Waals surface area contributed by atoms with Gasteiger partial charge in [-0.25, -0.2) is 15.0 Å². The average Bonchev–Trinajstić information content (AvgIpc) is 3.21. The highest BCUT2D eigenvalue weighted by molar-refractivity contribution is 7.98. The molecular formula is C20H25N5S. The highest BCUT2D eigenvalue weighted by atomic mass is 32.2. The minimum atomic E-state index is 0.824. The number of rotatable bonds is 6. The number of fused-ring (bicyclic) bond motifs is 1. The Balaban J connectivity index is 1.38. The second-order valence-electron chi connectivity index (χ2n) is 6.95. The fourth-order valence-corrected chi connectivity index (χ4v) is 4.26. The number of hydrogen-bond donors (Lipinski definition) is 0. The molecule has 0 spiro atoms. The van der Waals surface area contributed by atoms with Gasteiger partial charge in [0.1, 0.15) is 12.1 Å². The number of imidazole rings is 1. The molecule has 0 radical (unpaired) electrons. The summed E-state index contributed by atoms with van der Waals surface area (Å²) < 4.78 is 2.17. The van der Waals surface area contributed by atoms with Crippen LogP contribution < -0.4 is 4.90 Å². The van der Waals surface area contributed by atoms with Crippen molar-refractivity contribution in [2.75, 3.05) is 24.2 Å². The van der Waals surface area contributed by atoms with Gasteiger partial charge < -0.3 is 9.47 Å². The van der Waals surface area contributed by atoms with E-state index in [1.54, 1.807) is 18.1 Å². The molecule has 0 amide bonds. The van der Waals surface area contributed by atoms with Crippen LogP contribution in [0.15, 0.2) is 48.1 Å². The first kappa shape index (κ1) is 17.3. The summed E-state index contributed by atoms with van der Waals surface area (Å²) in [7, 11) is 0. The van der Waals surface area contributed by atoms with Crippen LogP contribution in [-0.2, 0) is 6.54 Å². The van der Waals surface area contributed by atoms with E-state index in [9.17, 15) is 0 Å². The molecule has 5 nitrogen and oxygen atoms in total. The normalized spacial score (nSPS) is 15.7. The van der Waals surface area contributed by atoms with Crippen LogP contribution in [0.1, 0.15) is 25.7 Å². The smallest absolute Gasteiger partial charge is 0.139 e. The molecule has 2 aromatic heterocycles. The van der Waals surface area contributed by atoms with Crippen LogP contribution in [0.4, 0.5) is 5.82 Å². The number of aromatic nitrogens is 4. The van der Waals surface area contributed by atoms with Crippen molar-refractivity contribution < 1.29 is 0 Å². The van der Waals surface area contributed by atoms with Crippen LogP contribution in [-0.4, -0.2) is 38.9 Å². The zero-order valence-electron chi connectivity index (χ0n) is 15.2. The largest absolute Gasteiger partial charge is 0.356 e. The maximum absolute atomic E-state index is 4.62. The molecule has 0 bridgehead atoms. The van der Waals surface area contributed by atoms with Crippen molar-refractivity contribution in [2.45, 2.75) is 37.1 Å². The molecule has 0 aliphatic carbocycles. The topological polar surface area (TPSA) is 46.8 Å². The van der Waals surface area contributed by atoms with Gasteiger partial charge in [-0.15, -0.1) is 11.8 Å². The SMILES string of the molecule is CSc1ccc2ncnc(N3CCC(CCCn4ccnc4)CC3)c2c1. The molecule has 136 valence electrons. The van der Waals surface area contributed by atoms with Crippen LogP contribution in [0.3, 0.4) is 0 Å². The molecule has 3 heterocycles. The molecule has 6 heteroatoms. The molecule has 0 N–H and O–H groups in total. The molecule has 0 unspecified atom stereocenters. The number of anilines is 1. The molecule has 0 saturated carbocycles. The van der Waals surface area contributed by atoms with E-state index in [1.807, 2.05) is 18.7 Å². The Kier molecular flexibility index (Phi) is 5.39. The molecule has 1 fully saturated rings. The summed E-state index contributed by atoms with van der Waals surface area (Å²) in [4.78, 5) is 16.9. The molecule has 1 aromatic carbocycles. The van der Waals surface area contributed by atoms with Crippen molar-refractivity contribution >= 4 is 28.5 Å². The summed E-state index contributed by atoms with van der Waals surface area (Å²) >= 11 is 1.77. The van der Waals surface area contributed by atoms with Crippen LogP contribution in [0.25, 0.3) is 10.9 Å². The van der Waals surface area contributed by atoms with Gasteiger partial charge in [-0.1, -0.05) is 0 Å². The van der Waals surface area contributed by atoms with Crippen molar-refractivity contribution in [3.63, 3.8) is 0 Å². The number of nitrogens with zero attached hydrogens (tertiary/aromatic N) is 5. The maximum Gasteiger partial charge on any atom is 0.139 e. The van der Waals surface area contributed by atoms with Crippen molar-refractivity contribution in [3.8, 4) is 0 Å². The predicted octanol–water partition coefficient (Wildman–Crippen LogP) is 4.25. The van der Waals surface area contributed by atoms with E-state index in [2.05, 4.69) is 48.9 Å². The molecule has 1 saturated heterocycles. The van der Waals surface area contributed by atoms with E-state index in [0.29, 0.717) is 0 Å². The van der Waals surface area contributed by atoms with Crippen LogP contribution in [0.2, 0.25) is 0 Å². The third kappa shape index (κ3) is 3.85. The molecule has 1 aliphatic rings. The van der Waals surface area contributed by atoms with Gasteiger partial charge in [0.2, 0.25) is 0 Å². The summed E-state index contributed by atoms with van der Waals surface area (Å²) in [6.07, 6.45) is 14.6. The maximum atomic E-state index is 4.62. The quantitative estimate of drug-likeness (QED) is 0.610. The van der Waals surface area contributed by atoms with Gasteiger partial charge in [-0.2, -0.15) is 0 Å². The highest BCUT2D eigenvalue weighted by Gasteiger charge is 2.21. The minimum Gasteiger partial charge on any atom is -0.356 e. The first-order valence-corrected chi connectivity index (χ1v) is 10.6. The fourth-order valence-electron chi connectivity index (χ4n) is 3.82. The zero-order chi connectivity index (χ0) is 17.8. The lowest BCUT2D eigenvalue weighted by atomic mass is 9.92. The lowest BCUT2D eigenvalue weighted by Crippen LogP contribution is -2.34. The number of thioether (sulfide) groups is 1. The summed E-state index contributed by atoms with van der Waals surface area (Å²) in [5, 5.41) is 1.18. The molecule has 3 aromatic rings. The number of hydrogen-bond acceptors (Lipinski definition) is 5. The van der Waals surface area contributed by atoms with E-state index in [0.717, 1.165) is 36.9 Å². The van der Waals surface area contributed by atoms with Gasteiger partial charge in [0, 0.05) is 42.3 Å². The van der Waals surface area contributed by atoms with E-state index >= 15 is 0 Å². The van der Waals surface area contributed by atoms with Crippen molar-refractivity contribution in [1.82, 2.24) is 19.5 Å². The van der Waals surface area contributed by atoms with Crippen molar-refractivity contribution in [3.05, 3.63) is 43.2 Å². The third-order valence-electron chi connectivity index (χ3n) is 5.32. The Labute approximate surface area is 158 Å². The summed E-state index contributed by atoms with van der Waals surface area (Å²) in [6.45, 7) is 3.25. The van der Waals surface area contributed by atoms with E-state index < -0.39 is 0 Å². The molecule has 0 atom stereocenters. The lowest BCUT2D eigenvalue weighted by molar-refractivity contribution is 0.363. The highest BCUT2D eigenvalue weighted by Crippen LogP contribution is 2.31. The Hall–Kier alpha value is -2.08. The molecule has 1 aliphatic heterocycles. The van der Waals surface area contributed by atoms with Crippen molar-refractivity contribution in [1.29, 1.82) is 0 Å². The number of piperidine rings is 1. The first-order valence-electron chi connectivity index (χ1n) is 9.33. The first-order chi connectivity index (χ1) is 12.8. The third-order valence-corrected chi connectivity index (χ3v) is 6.05. The minimum absolute atomic E-state index is 0.824. The Bertz CT molecular complexity index is 841. The lowest BCUT2D eigenvalue weighted by Gasteiger charge is -2.33. The fraction of sp³-hybridized carbons (Fsp3) is 0.450. The van der Waals surface area contributed by atoms with E-state index in [4.69, 9.17) is 0 Å². The van der Waals surface area contributed by atoms with E-state index in [-0.39, 0.29) is 0 Å². The summed E-state index contributed by atoms with van der Waals surface area (Å²) in [5.74, 6) is 1.92. The Morgan fingerprint density at radius 2 is 2.08 bits per heavy atom. The molecule has 26 heavy (non-hydrogen) atoms. The predicted molar refractivity (Wildman–Crippen MR) is 108 cm³/mol. The van der Waals surface area contributed by atoms with Gasteiger partial charge in [-0.05, 0) is 56.1 Å². The Morgan fingerprint density at radius 3 is 2.85 bits per heavy atom. The Morgan fingerprint density at radius 1 is 1.19 bits per heavy atom. The standard InChI is InChI=1S/C20H25N5S/c1-26-17-4-5-19-18(13-17)20(23-14-22-19)25-10-6-16(7-11-25)3-2-9-24-12-8-21-15-24/h4-5,8,12-16H,2-3,6-7,9-11H2,1H3. The van der Waals surface area contributed by atoms with Gasteiger partial charge >= 0.3 is 0 Å². The van der Waals surface area contributed by atoms with Crippen molar-refractivity contribution in [2.24, 2.45) is 5.92 Å². The monoisotopic (exact) mass is 367 g/mol. The zero-order valence-corrected chi connectivity index (χ0v) is 16.0. The van der Waals surface area contributed by atoms with Crippen LogP contribution >= 0.6 is 11.8 Å². The van der Waals surface area contributed by atoms with Gasteiger partial charge in [0.25, 0.3) is 0 Å². The van der Waals surface area contributed by atoms with Gasteiger partial charge in [0.05, 0.1) is 11.8 Å².